The van der Waals surface area contributed by atoms with E-state index in [9.17, 15) is 4.79 Å². The van der Waals surface area contributed by atoms with Gasteiger partial charge in [0, 0.05) is 18.2 Å². The Morgan fingerprint density at radius 1 is 1.53 bits per heavy atom. The number of carbonyl (C=O) groups excluding carboxylic acids is 1. The largest absolute Gasteiger partial charge is 0.459 e. The Morgan fingerprint density at radius 2 is 2.24 bits per heavy atom. The Balaban J connectivity index is 2.15. The quantitative estimate of drug-likeness (QED) is 0.871. The summed E-state index contributed by atoms with van der Waals surface area (Å²) in [5.74, 6) is 0.318. The van der Waals surface area contributed by atoms with Crippen molar-refractivity contribution in [2.24, 2.45) is 0 Å². The van der Waals surface area contributed by atoms with Gasteiger partial charge in [-0.3, -0.25) is 4.79 Å². The molecule has 0 aliphatic heterocycles. The number of amides is 1. The van der Waals surface area contributed by atoms with Gasteiger partial charge in [-0.1, -0.05) is 12.8 Å². The summed E-state index contributed by atoms with van der Waals surface area (Å²) in [4.78, 5) is 14.1. The Morgan fingerprint density at radius 3 is 2.76 bits per heavy atom. The minimum Gasteiger partial charge on any atom is -0.459 e. The average molecular weight is 237 g/mol. The maximum atomic E-state index is 12.3. The van der Waals surface area contributed by atoms with Crippen molar-refractivity contribution in [3.8, 4) is 0 Å². The van der Waals surface area contributed by atoms with Gasteiger partial charge in [0.1, 0.15) is 0 Å². The Bertz CT molecular complexity index is 380. The second-order valence-electron chi connectivity index (χ2n) is 4.59. The number of rotatable bonds is 4. The maximum Gasteiger partial charge on any atom is 0.290 e. The lowest BCUT2D eigenvalue weighted by atomic mass is 10.1. The molecule has 1 saturated carbocycles. The number of hydrogen-bond donors (Lipinski definition) is 1. The van der Waals surface area contributed by atoms with Gasteiger partial charge in [-0.15, -0.1) is 0 Å². The van der Waals surface area contributed by atoms with Crippen LogP contribution in [0.4, 0.5) is 0 Å². The number of aryl methyl sites for hydroxylation is 1. The van der Waals surface area contributed by atoms with Gasteiger partial charge in [-0.2, -0.15) is 0 Å². The first kappa shape index (κ1) is 12.2. The number of furan rings is 1. The van der Waals surface area contributed by atoms with Gasteiger partial charge < -0.3 is 14.4 Å². The third-order valence-corrected chi connectivity index (χ3v) is 3.42. The molecule has 1 N–H and O–H groups in total. The van der Waals surface area contributed by atoms with Crippen LogP contribution < -0.4 is 0 Å². The molecule has 0 bridgehead atoms. The van der Waals surface area contributed by atoms with Gasteiger partial charge in [0.15, 0.2) is 5.76 Å². The molecular weight excluding hydrogens is 218 g/mol. The van der Waals surface area contributed by atoms with Crippen LogP contribution in [0.25, 0.3) is 0 Å². The topological polar surface area (TPSA) is 53.7 Å². The molecule has 1 aromatic heterocycles. The summed E-state index contributed by atoms with van der Waals surface area (Å²) in [7, 11) is 0. The van der Waals surface area contributed by atoms with E-state index in [-0.39, 0.29) is 18.6 Å². The molecule has 0 unspecified atom stereocenters. The van der Waals surface area contributed by atoms with Crippen LogP contribution in [0.1, 0.15) is 41.8 Å². The van der Waals surface area contributed by atoms with Crippen molar-refractivity contribution in [3.63, 3.8) is 0 Å². The molecule has 0 radical (unpaired) electrons. The third kappa shape index (κ3) is 2.52. The SMILES string of the molecule is Cc1ccoc1C(=O)N(CCO)C1CCCC1. The minimum absolute atomic E-state index is 0.00198. The highest BCUT2D eigenvalue weighted by molar-refractivity contribution is 5.93. The zero-order chi connectivity index (χ0) is 12.3. The van der Waals surface area contributed by atoms with Crippen LogP contribution >= 0.6 is 0 Å². The summed E-state index contributed by atoms with van der Waals surface area (Å²) < 4.78 is 5.24. The molecule has 94 valence electrons. The van der Waals surface area contributed by atoms with Gasteiger partial charge in [0.25, 0.3) is 5.91 Å². The molecule has 1 aliphatic carbocycles. The van der Waals surface area contributed by atoms with Crippen LogP contribution in [-0.2, 0) is 0 Å². The van der Waals surface area contributed by atoms with Crippen molar-refractivity contribution >= 4 is 5.91 Å². The van der Waals surface area contributed by atoms with Crippen LogP contribution in [0.3, 0.4) is 0 Å². The highest BCUT2D eigenvalue weighted by atomic mass is 16.3. The maximum absolute atomic E-state index is 12.3. The molecular formula is C13H19NO3. The minimum atomic E-state index is -0.0894. The highest BCUT2D eigenvalue weighted by Gasteiger charge is 2.29. The molecule has 0 saturated heterocycles. The van der Waals surface area contributed by atoms with Gasteiger partial charge >= 0.3 is 0 Å². The van der Waals surface area contributed by atoms with E-state index in [1.807, 2.05) is 6.92 Å². The molecule has 1 fully saturated rings. The first-order valence-electron chi connectivity index (χ1n) is 6.20. The van der Waals surface area contributed by atoms with Crippen LogP contribution in [0.2, 0.25) is 0 Å². The van der Waals surface area contributed by atoms with Crippen molar-refractivity contribution in [1.29, 1.82) is 0 Å². The van der Waals surface area contributed by atoms with E-state index in [4.69, 9.17) is 9.52 Å². The fourth-order valence-corrected chi connectivity index (χ4v) is 2.50. The van der Waals surface area contributed by atoms with Gasteiger partial charge in [-0.05, 0) is 25.8 Å². The lowest BCUT2D eigenvalue weighted by Crippen LogP contribution is -2.40. The normalized spacial score (nSPS) is 16.4. The van der Waals surface area contributed by atoms with Crippen molar-refractivity contribution in [2.45, 2.75) is 38.6 Å². The van der Waals surface area contributed by atoms with E-state index in [1.165, 1.54) is 6.26 Å². The second kappa shape index (κ2) is 5.36. The number of carbonyl (C=O) groups is 1. The lowest BCUT2D eigenvalue weighted by molar-refractivity contribution is 0.0605. The van der Waals surface area contributed by atoms with E-state index < -0.39 is 0 Å². The lowest BCUT2D eigenvalue weighted by Gasteiger charge is -2.27. The molecule has 2 rings (SSSR count). The zero-order valence-electron chi connectivity index (χ0n) is 10.2. The Hall–Kier alpha value is -1.29. The molecule has 4 nitrogen and oxygen atoms in total. The van der Waals surface area contributed by atoms with E-state index in [1.54, 1.807) is 11.0 Å². The molecule has 1 aliphatic rings. The molecule has 1 amide bonds. The summed E-state index contributed by atoms with van der Waals surface area (Å²) >= 11 is 0. The van der Waals surface area contributed by atoms with E-state index >= 15 is 0 Å². The number of aliphatic hydroxyl groups excluding tert-OH is 1. The summed E-state index contributed by atoms with van der Waals surface area (Å²) in [6, 6.07) is 2.05. The fourth-order valence-electron chi connectivity index (χ4n) is 2.50. The molecule has 0 atom stereocenters. The van der Waals surface area contributed by atoms with Crippen LogP contribution in [0.5, 0.6) is 0 Å². The van der Waals surface area contributed by atoms with E-state index in [0.717, 1.165) is 31.2 Å². The van der Waals surface area contributed by atoms with E-state index in [2.05, 4.69) is 0 Å². The monoisotopic (exact) mass is 237 g/mol. The standard InChI is InChI=1S/C13H19NO3/c1-10-6-9-17-12(10)13(16)14(7-8-15)11-4-2-3-5-11/h6,9,11,15H,2-5,7-8H2,1H3. The number of aliphatic hydroxyl groups is 1. The van der Waals surface area contributed by atoms with Crippen LogP contribution in [0.15, 0.2) is 16.7 Å². The molecule has 1 heterocycles. The first-order valence-corrected chi connectivity index (χ1v) is 6.20. The average Bonchev–Trinajstić information content (AvgIpc) is 2.95. The predicted molar refractivity (Wildman–Crippen MR) is 63.8 cm³/mol. The Kier molecular flexibility index (Phi) is 3.84. The number of nitrogens with zero attached hydrogens (tertiary/aromatic N) is 1. The Labute approximate surface area is 101 Å². The number of hydrogen-bond acceptors (Lipinski definition) is 3. The predicted octanol–water partition coefficient (Wildman–Crippen LogP) is 1.97. The smallest absolute Gasteiger partial charge is 0.290 e. The summed E-state index contributed by atoms with van der Waals surface area (Å²) in [6.07, 6.45) is 5.93. The molecule has 0 spiro atoms. The second-order valence-corrected chi connectivity index (χ2v) is 4.59. The van der Waals surface area contributed by atoms with Crippen molar-refractivity contribution < 1.29 is 14.3 Å². The fraction of sp³-hybridized carbons (Fsp3) is 0.615. The van der Waals surface area contributed by atoms with Gasteiger partial charge in [0.05, 0.1) is 12.9 Å². The summed E-state index contributed by atoms with van der Waals surface area (Å²) in [5, 5.41) is 9.09. The van der Waals surface area contributed by atoms with Crippen LogP contribution in [-0.4, -0.2) is 35.1 Å². The molecule has 0 aromatic carbocycles. The molecule has 4 heteroatoms. The summed E-state index contributed by atoms with van der Waals surface area (Å²) in [6.45, 7) is 2.26. The van der Waals surface area contributed by atoms with Crippen LogP contribution in [0, 0.1) is 6.92 Å². The van der Waals surface area contributed by atoms with Gasteiger partial charge in [0.2, 0.25) is 0 Å². The molecule has 1 aromatic rings. The first-order chi connectivity index (χ1) is 8.24. The van der Waals surface area contributed by atoms with Crippen molar-refractivity contribution in [2.75, 3.05) is 13.2 Å². The highest BCUT2D eigenvalue weighted by Crippen LogP contribution is 2.25. The summed E-state index contributed by atoms with van der Waals surface area (Å²) in [5.41, 5.74) is 0.857. The zero-order valence-corrected chi connectivity index (χ0v) is 10.2. The van der Waals surface area contributed by atoms with E-state index in [0.29, 0.717) is 12.3 Å². The van der Waals surface area contributed by atoms with Crippen molar-refractivity contribution in [3.05, 3.63) is 23.7 Å². The molecule has 17 heavy (non-hydrogen) atoms. The third-order valence-electron chi connectivity index (χ3n) is 3.42. The van der Waals surface area contributed by atoms with Crippen molar-refractivity contribution in [1.82, 2.24) is 4.90 Å². The van der Waals surface area contributed by atoms with Gasteiger partial charge in [-0.25, -0.2) is 0 Å².